The molecule has 0 saturated heterocycles. The number of rotatable bonds is 4. The van der Waals surface area contributed by atoms with E-state index in [4.69, 9.17) is 10.2 Å². The number of aliphatic carboxylic acids is 1. The number of carbonyl (C=O) groups is 1. The minimum Gasteiger partial charge on any atom is -0.481 e. The van der Waals surface area contributed by atoms with Gasteiger partial charge in [0.15, 0.2) is 0 Å². The molecule has 4 heteroatoms. The minimum absolute atomic E-state index is 0.106. The molecule has 4 nitrogen and oxygen atoms in total. The average Bonchev–Trinajstić information content (AvgIpc) is 1.58. The quantitative estimate of drug-likeness (QED) is 0.481. The first kappa shape index (κ1) is 9.39. The van der Waals surface area contributed by atoms with Crippen LogP contribution in [0.2, 0.25) is 0 Å². The molecule has 0 fully saturated rings. The Balaban J connectivity index is 3.43. The maximum atomic E-state index is 9.99. The molecule has 0 aliphatic carbocycles. The first-order valence-corrected chi connectivity index (χ1v) is 3.18. The van der Waals surface area contributed by atoms with Crippen molar-refractivity contribution in [3.8, 4) is 0 Å². The summed E-state index contributed by atoms with van der Waals surface area (Å²) < 4.78 is 0. The number of carboxylic acids is 1. The molecule has 1 unspecified atom stereocenters. The Morgan fingerprint density at radius 3 is 2.40 bits per heavy atom. The molecule has 0 aromatic carbocycles. The molecule has 0 aromatic rings. The lowest BCUT2D eigenvalue weighted by Crippen LogP contribution is -2.36. The molecule has 10 heavy (non-hydrogen) atoms. The fourth-order valence-electron chi connectivity index (χ4n) is 0.609. The van der Waals surface area contributed by atoms with Crippen molar-refractivity contribution >= 4 is 5.97 Å². The Hall–Kier alpha value is -0.610. The second-order valence-corrected chi connectivity index (χ2v) is 2.44. The fourth-order valence-corrected chi connectivity index (χ4v) is 0.609. The molecule has 0 bridgehead atoms. The van der Waals surface area contributed by atoms with Crippen LogP contribution in [0.15, 0.2) is 0 Å². The highest BCUT2D eigenvalue weighted by molar-refractivity contribution is 5.67. The molecular weight excluding hydrogens is 134 g/mol. The van der Waals surface area contributed by atoms with Crippen molar-refractivity contribution < 1.29 is 15.0 Å². The zero-order chi connectivity index (χ0) is 8.15. The molecule has 0 aromatic heterocycles. The third-order valence-corrected chi connectivity index (χ3v) is 0.894. The molecule has 0 amide bonds. The minimum atomic E-state index is -0.999. The Kier molecular flexibility index (Phi) is 3.99. The van der Waals surface area contributed by atoms with Gasteiger partial charge in [-0.05, 0) is 13.8 Å². The van der Waals surface area contributed by atoms with E-state index in [1.165, 1.54) is 0 Å². The van der Waals surface area contributed by atoms with Gasteiger partial charge in [-0.25, -0.2) is 0 Å². The van der Waals surface area contributed by atoms with Crippen LogP contribution < -0.4 is 5.32 Å². The molecule has 0 heterocycles. The molecule has 0 spiro atoms. The van der Waals surface area contributed by atoms with Crippen molar-refractivity contribution in [1.29, 1.82) is 0 Å². The summed E-state index contributed by atoms with van der Waals surface area (Å²) in [5.41, 5.74) is 0. The summed E-state index contributed by atoms with van der Waals surface area (Å²) in [6.45, 7) is 3.68. The maximum Gasteiger partial charge on any atom is 0.307 e. The molecule has 3 N–H and O–H groups in total. The second kappa shape index (κ2) is 4.24. The summed E-state index contributed by atoms with van der Waals surface area (Å²) in [7, 11) is 0. The highest BCUT2D eigenvalue weighted by Crippen LogP contribution is 1.88. The summed E-state index contributed by atoms with van der Waals surface area (Å²) in [6, 6.07) is 0.106. The van der Waals surface area contributed by atoms with E-state index < -0.39 is 12.2 Å². The highest BCUT2D eigenvalue weighted by atomic mass is 16.4. The Labute approximate surface area is 59.9 Å². The molecule has 0 radical (unpaired) electrons. The average molecular weight is 147 g/mol. The second-order valence-electron chi connectivity index (χ2n) is 2.44. The molecule has 0 rings (SSSR count). The van der Waals surface area contributed by atoms with E-state index in [1.54, 1.807) is 0 Å². The summed E-state index contributed by atoms with van der Waals surface area (Å²) in [5, 5.41) is 19.7. The van der Waals surface area contributed by atoms with Crippen molar-refractivity contribution in [2.45, 2.75) is 32.5 Å². The Bertz CT molecular complexity index is 114. The number of nitrogens with one attached hydrogen (secondary N) is 1. The summed E-state index contributed by atoms with van der Waals surface area (Å²) >= 11 is 0. The van der Waals surface area contributed by atoms with Crippen LogP contribution in [-0.2, 0) is 4.79 Å². The van der Waals surface area contributed by atoms with Crippen LogP contribution in [0.4, 0.5) is 0 Å². The van der Waals surface area contributed by atoms with Crippen molar-refractivity contribution in [1.82, 2.24) is 5.32 Å². The van der Waals surface area contributed by atoms with Gasteiger partial charge in [0.25, 0.3) is 0 Å². The molecule has 0 aliphatic heterocycles. The largest absolute Gasteiger partial charge is 0.481 e. The molecule has 0 aliphatic rings. The van der Waals surface area contributed by atoms with E-state index in [0.717, 1.165) is 0 Å². The van der Waals surface area contributed by atoms with E-state index in [1.807, 2.05) is 13.8 Å². The predicted octanol–water partition coefficient (Wildman–Crippen LogP) is -0.223. The summed E-state index contributed by atoms with van der Waals surface area (Å²) in [4.78, 5) is 9.99. The molecule has 60 valence electrons. The van der Waals surface area contributed by atoms with Crippen LogP contribution in [0.1, 0.15) is 20.3 Å². The topological polar surface area (TPSA) is 69.6 Å². The predicted molar refractivity (Wildman–Crippen MR) is 36.5 cm³/mol. The lowest BCUT2D eigenvalue weighted by atomic mass is 10.3. The van der Waals surface area contributed by atoms with Gasteiger partial charge >= 0.3 is 5.97 Å². The normalized spacial score (nSPS) is 13.6. The van der Waals surface area contributed by atoms with E-state index in [9.17, 15) is 4.79 Å². The Morgan fingerprint density at radius 1 is 1.60 bits per heavy atom. The molecule has 0 saturated carbocycles. The lowest BCUT2D eigenvalue weighted by molar-refractivity contribution is -0.139. The van der Waals surface area contributed by atoms with Crippen LogP contribution >= 0.6 is 0 Å². The van der Waals surface area contributed by atoms with E-state index >= 15 is 0 Å². The number of aliphatic hydroxyl groups is 1. The highest BCUT2D eigenvalue weighted by Gasteiger charge is 2.08. The van der Waals surface area contributed by atoms with Gasteiger partial charge < -0.3 is 10.2 Å². The summed E-state index contributed by atoms with van der Waals surface area (Å²) in [5.74, 6) is -0.999. The number of hydrogen-bond donors (Lipinski definition) is 3. The fraction of sp³-hybridized carbons (Fsp3) is 0.833. The Morgan fingerprint density at radius 2 is 2.10 bits per heavy atom. The lowest BCUT2D eigenvalue weighted by Gasteiger charge is -2.12. The van der Waals surface area contributed by atoms with Crippen molar-refractivity contribution in [2.75, 3.05) is 0 Å². The first-order valence-electron chi connectivity index (χ1n) is 3.18. The zero-order valence-corrected chi connectivity index (χ0v) is 6.16. The summed E-state index contributed by atoms with van der Waals surface area (Å²) in [6.07, 6.45) is -1.18. The van der Waals surface area contributed by atoms with E-state index in [-0.39, 0.29) is 12.5 Å². The van der Waals surface area contributed by atoms with E-state index in [0.29, 0.717) is 0 Å². The van der Waals surface area contributed by atoms with Crippen LogP contribution in [0, 0.1) is 0 Å². The van der Waals surface area contributed by atoms with Gasteiger partial charge in [0, 0.05) is 6.04 Å². The third-order valence-electron chi connectivity index (χ3n) is 0.894. The molecular formula is C6H13NO3. The van der Waals surface area contributed by atoms with Gasteiger partial charge in [0.2, 0.25) is 0 Å². The number of aliphatic hydroxyl groups excluding tert-OH is 1. The van der Waals surface area contributed by atoms with Gasteiger partial charge in [0.1, 0.15) is 6.23 Å². The maximum absolute atomic E-state index is 9.99. The monoisotopic (exact) mass is 147 g/mol. The zero-order valence-electron chi connectivity index (χ0n) is 6.16. The first-order chi connectivity index (χ1) is 4.52. The molecule has 1 atom stereocenters. The van der Waals surface area contributed by atoms with Gasteiger partial charge in [-0.1, -0.05) is 0 Å². The third kappa shape index (κ3) is 5.53. The number of carboxylic acid groups (broad SMARTS) is 1. The van der Waals surface area contributed by atoms with Crippen LogP contribution in [0.3, 0.4) is 0 Å². The van der Waals surface area contributed by atoms with Crippen molar-refractivity contribution in [2.24, 2.45) is 0 Å². The smallest absolute Gasteiger partial charge is 0.307 e. The van der Waals surface area contributed by atoms with Crippen LogP contribution in [0.5, 0.6) is 0 Å². The van der Waals surface area contributed by atoms with Crippen molar-refractivity contribution in [3.63, 3.8) is 0 Å². The van der Waals surface area contributed by atoms with Gasteiger partial charge in [-0.2, -0.15) is 0 Å². The van der Waals surface area contributed by atoms with Crippen molar-refractivity contribution in [3.05, 3.63) is 0 Å². The van der Waals surface area contributed by atoms with Gasteiger partial charge in [-0.3, -0.25) is 10.1 Å². The SMILES string of the molecule is CC(C)NC(O)CC(=O)O. The van der Waals surface area contributed by atoms with Gasteiger partial charge in [-0.15, -0.1) is 0 Å². The van der Waals surface area contributed by atoms with Crippen LogP contribution in [0.25, 0.3) is 0 Å². The van der Waals surface area contributed by atoms with E-state index in [2.05, 4.69) is 5.32 Å². The van der Waals surface area contributed by atoms with Crippen LogP contribution in [-0.4, -0.2) is 28.5 Å². The standard InChI is InChI=1S/C6H13NO3/c1-4(2)7-5(8)3-6(9)10/h4-5,7-8H,3H2,1-2H3,(H,9,10). The van der Waals surface area contributed by atoms with Gasteiger partial charge in [0.05, 0.1) is 6.42 Å². The number of hydrogen-bond acceptors (Lipinski definition) is 3.